The number of amides is 1. The monoisotopic (exact) mass is 452 g/mol. The SMILES string of the molecule is N#Cc1cccc(Sc2ccc(CCN(C[C@@H](O)c3cccc(Cl)c3)C(=O)O)cc2)c1. The Morgan fingerprint density at radius 2 is 1.81 bits per heavy atom. The topological polar surface area (TPSA) is 84.6 Å². The maximum atomic E-state index is 11.6. The first-order valence-electron chi connectivity index (χ1n) is 9.63. The van der Waals surface area contributed by atoms with Gasteiger partial charge in [0.05, 0.1) is 24.3 Å². The highest BCUT2D eigenvalue weighted by molar-refractivity contribution is 7.99. The van der Waals surface area contributed by atoms with E-state index in [1.807, 2.05) is 42.5 Å². The van der Waals surface area contributed by atoms with Crippen LogP contribution in [0.2, 0.25) is 5.02 Å². The largest absolute Gasteiger partial charge is 0.465 e. The van der Waals surface area contributed by atoms with Gasteiger partial charge in [0.25, 0.3) is 0 Å². The number of rotatable bonds is 8. The first-order chi connectivity index (χ1) is 14.9. The minimum atomic E-state index is -1.08. The number of hydrogen-bond acceptors (Lipinski definition) is 4. The van der Waals surface area contributed by atoms with E-state index in [0.29, 0.717) is 22.6 Å². The third-order valence-electron chi connectivity index (χ3n) is 4.69. The summed E-state index contributed by atoms with van der Waals surface area (Å²) in [5.74, 6) is 0. The number of aliphatic hydroxyl groups excluding tert-OH is 1. The third-order valence-corrected chi connectivity index (χ3v) is 5.92. The van der Waals surface area contributed by atoms with Crippen LogP contribution < -0.4 is 0 Å². The van der Waals surface area contributed by atoms with Crippen molar-refractivity contribution >= 4 is 29.5 Å². The molecule has 3 aromatic rings. The van der Waals surface area contributed by atoms with E-state index in [-0.39, 0.29) is 13.1 Å². The third kappa shape index (κ3) is 6.76. The molecular formula is C24H21ClN2O3S. The molecule has 2 N–H and O–H groups in total. The van der Waals surface area contributed by atoms with E-state index in [9.17, 15) is 15.0 Å². The van der Waals surface area contributed by atoms with Crippen molar-refractivity contribution in [3.63, 3.8) is 0 Å². The van der Waals surface area contributed by atoms with Crippen LogP contribution in [0.25, 0.3) is 0 Å². The predicted molar refractivity (Wildman–Crippen MR) is 121 cm³/mol. The molecule has 158 valence electrons. The van der Waals surface area contributed by atoms with Crippen molar-refractivity contribution in [3.05, 3.63) is 94.5 Å². The van der Waals surface area contributed by atoms with Gasteiger partial charge >= 0.3 is 6.09 Å². The lowest BCUT2D eigenvalue weighted by Gasteiger charge is -2.23. The lowest BCUT2D eigenvalue weighted by Crippen LogP contribution is -2.35. The lowest BCUT2D eigenvalue weighted by molar-refractivity contribution is 0.0973. The minimum Gasteiger partial charge on any atom is -0.465 e. The molecule has 0 fully saturated rings. The van der Waals surface area contributed by atoms with Crippen molar-refractivity contribution in [3.8, 4) is 6.07 Å². The molecule has 0 radical (unpaired) electrons. The van der Waals surface area contributed by atoms with Crippen LogP contribution in [0.3, 0.4) is 0 Å². The zero-order chi connectivity index (χ0) is 22.2. The Hall–Kier alpha value is -2.98. The van der Waals surface area contributed by atoms with Crippen LogP contribution >= 0.6 is 23.4 Å². The molecule has 3 aromatic carbocycles. The summed E-state index contributed by atoms with van der Waals surface area (Å²) in [6.07, 6.45) is -1.49. The fraction of sp³-hybridized carbons (Fsp3) is 0.167. The highest BCUT2D eigenvalue weighted by Crippen LogP contribution is 2.28. The first-order valence-corrected chi connectivity index (χ1v) is 10.8. The highest BCUT2D eigenvalue weighted by Gasteiger charge is 2.18. The fourth-order valence-corrected chi connectivity index (χ4v) is 4.12. The van der Waals surface area contributed by atoms with Crippen molar-refractivity contribution in [2.45, 2.75) is 22.3 Å². The van der Waals surface area contributed by atoms with E-state index in [1.54, 1.807) is 42.1 Å². The zero-order valence-electron chi connectivity index (χ0n) is 16.6. The van der Waals surface area contributed by atoms with Gasteiger partial charge in [0.2, 0.25) is 0 Å². The Bertz CT molecular complexity index is 1080. The summed E-state index contributed by atoms with van der Waals surface area (Å²) < 4.78 is 0. The summed E-state index contributed by atoms with van der Waals surface area (Å²) in [5, 5.41) is 29.4. The van der Waals surface area contributed by atoms with Gasteiger partial charge in [-0.1, -0.05) is 53.7 Å². The summed E-state index contributed by atoms with van der Waals surface area (Å²) in [5.41, 5.74) is 2.20. The van der Waals surface area contributed by atoms with Crippen molar-refractivity contribution in [2.24, 2.45) is 0 Å². The number of nitriles is 1. The van der Waals surface area contributed by atoms with Crippen LogP contribution in [-0.4, -0.2) is 34.3 Å². The molecule has 0 aliphatic heterocycles. The second-order valence-corrected chi connectivity index (χ2v) is 8.52. The molecule has 31 heavy (non-hydrogen) atoms. The number of carboxylic acid groups (broad SMARTS) is 1. The van der Waals surface area contributed by atoms with E-state index >= 15 is 0 Å². The Kier molecular flexibility index (Phi) is 7.96. The predicted octanol–water partition coefficient (Wildman–Crippen LogP) is 5.62. The van der Waals surface area contributed by atoms with Crippen LogP contribution in [0.1, 0.15) is 22.8 Å². The van der Waals surface area contributed by atoms with Gasteiger partial charge in [-0.3, -0.25) is 0 Å². The smallest absolute Gasteiger partial charge is 0.407 e. The van der Waals surface area contributed by atoms with Crippen LogP contribution in [-0.2, 0) is 6.42 Å². The van der Waals surface area contributed by atoms with E-state index < -0.39 is 12.2 Å². The summed E-state index contributed by atoms with van der Waals surface area (Å²) >= 11 is 7.51. The molecule has 1 atom stereocenters. The molecule has 0 spiro atoms. The molecule has 0 saturated heterocycles. The van der Waals surface area contributed by atoms with Crippen molar-refractivity contribution in [1.29, 1.82) is 5.26 Å². The average molecular weight is 453 g/mol. The van der Waals surface area contributed by atoms with Gasteiger partial charge in [-0.15, -0.1) is 0 Å². The minimum absolute atomic E-state index is 0.0289. The summed E-state index contributed by atoms with van der Waals surface area (Å²) in [6.45, 7) is 0.239. The van der Waals surface area contributed by atoms with Crippen molar-refractivity contribution in [2.75, 3.05) is 13.1 Å². The van der Waals surface area contributed by atoms with E-state index in [2.05, 4.69) is 6.07 Å². The molecule has 1 amide bonds. The van der Waals surface area contributed by atoms with Gasteiger partial charge in [-0.25, -0.2) is 4.79 Å². The number of hydrogen-bond donors (Lipinski definition) is 2. The second kappa shape index (κ2) is 10.9. The molecule has 0 aromatic heterocycles. The van der Waals surface area contributed by atoms with Crippen LogP contribution in [0, 0.1) is 11.3 Å². The standard InChI is InChI=1S/C24H21ClN2O3S/c25-20-5-2-4-19(14-20)23(28)16-27(24(29)30)12-11-17-7-9-21(10-8-17)31-22-6-1-3-18(13-22)15-26/h1-10,13-14,23,28H,11-12,16H2,(H,29,30)/t23-/m1/s1. The van der Waals surface area contributed by atoms with Gasteiger partial charge in [0.15, 0.2) is 0 Å². The summed E-state index contributed by atoms with van der Waals surface area (Å²) in [7, 11) is 0. The number of carbonyl (C=O) groups is 1. The number of nitrogens with zero attached hydrogens (tertiary/aromatic N) is 2. The lowest BCUT2D eigenvalue weighted by atomic mass is 10.1. The normalized spacial score (nSPS) is 11.5. The van der Waals surface area contributed by atoms with Crippen LogP contribution in [0.15, 0.2) is 82.6 Å². The quantitative estimate of drug-likeness (QED) is 0.463. The number of benzene rings is 3. The molecule has 0 unspecified atom stereocenters. The van der Waals surface area contributed by atoms with Gasteiger partial charge < -0.3 is 15.1 Å². The average Bonchev–Trinajstić information content (AvgIpc) is 2.77. The number of aliphatic hydroxyl groups is 1. The van der Waals surface area contributed by atoms with Gasteiger partial charge in [-0.2, -0.15) is 5.26 Å². The first kappa shape index (κ1) is 22.7. The maximum absolute atomic E-state index is 11.6. The van der Waals surface area contributed by atoms with Crippen molar-refractivity contribution in [1.82, 2.24) is 4.90 Å². The van der Waals surface area contributed by atoms with Crippen LogP contribution in [0.5, 0.6) is 0 Å². The Balaban J connectivity index is 1.58. The Morgan fingerprint density at radius 1 is 1.06 bits per heavy atom. The van der Waals surface area contributed by atoms with Gasteiger partial charge in [0, 0.05) is 21.4 Å². The summed E-state index contributed by atoms with van der Waals surface area (Å²) in [4.78, 5) is 14.9. The molecular weight excluding hydrogens is 432 g/mol. The zero-order valence-corrected chi connectivity index (χ0v) is 18.2. The Labute approximate surface area is 190 Å². The fourth-order valence-electron chi connectivity index (χ4n) is 3.05. The number of halogens is 1. The molecule has 5 nitrogen and oxygen atoms in total. The molecule has 0 aliphatic carbocycles. The van der Waals surface area contributed by atoms with E-state index in [1.165, 1.54) is 4.90 Å². The molecule has 0 aliphatic rings. The van der Waals surface area contributed by atoms with E-state index in [4.69, 9.17) is 16.9 Å². The maximum Gasteiger partial charge on any atom is 0.407 e. The molecule has 3 rings (SSSR count). The Morgan fingerprint density at radius 3 is 2.48 bits per heavy atom. The van der Waals surface area contributed by atoms with Gasteiger partial charge in [0.1, 0.15) is 0 Å². The molecule has 0 saturated carbocycles. The second-order valence-electron chi connectivity index (χ2n) is 6.94. The molecule has 0 heterocycles. The van der Waals surface area contributed by atoms with E-state index in [0.717, 1.165) is 15.4 Å². The molecule has 7 heteroatoms. The van der Waals surface area contributed by atoms with Crippen LogP contribution in [0.4, 0.5) is 4.79 Å². The highest BCUT2D eigenvalue weighted by atomic mass is 35.5. The van der Waals surface area contributed by atoms with Crippen molar-refractivity contribution < 1.29 is 15.0 Å². The van der Waals surface area contributed by atoms with Gasteiger partial charge in [-0.05, 0) is 60.0 Å². The summed E-state index contributed by atoms with van der Waals surface area (Å²) in [6, 6.07) is 24.2. The molecule has 0 bridgehead atoms.